The molecule has 0 spiro atoms. The van der Waals surface area contributed by atoms with Gasteiger partial charge in [-0.2, -0.15) is 5.10 Å². The molecule has 0 aliphatic heterocycles. The number of carbonyl (C=O) groups excluding carboxylic acids is 1. The predicted molar refractivity (Wildman–Crippen MR) is 128 cm³/mol. The minimum Gasteiger partial charge on any atom is -0.484 e. The summed E-state index contributed by atoms with van der Waals surface area (Å²) in [6, 6.07) is 15.9. The molecule has 1 N–H and O–H groups in total. The second kappa shape index (κ2) is 10.0. The number of hydrogen-bond acceptors (Lipinski definition) is 4. The van der Waals surface area contributed by atoms with Crippen molar-refractivity contribution in [1.29, 1.82) is 0 Å². The number of carbonyl (C=O) groups is 1. The Kier molecular flexibility index (Phi) is 7.10. The highest BCUT2D eigenvalue weighted by molar-refractivity contribution is 9.10. The number of nitrogens with one attached hydrogen (secondary N) is 1. The van der Waals surface area contributed by atoms with Crippen LogP contribution >= 0.6 is 50.7 Å². The van der Waals surface area contributed by atoms with Crippen molar-refractivity contribution >= 4 is 62.5 Å². The molecule has 4 rings (SSSR count). The van der Waals surface area contributed by atoms with Gasteiger partial charge in [-0.25, -0.2) is 0 Å². The van der Waals surface area contributed by atoms with Crippen molar-refractivity contribution in [3.05, 3.63) is 97.4 Å². The van der Waals surface area contributed by atoms with Crippen LogP contribution in [-0.2, 0) is 13.2 Å². The average Bonchev–Trinajstić information content (AvgIpc) is 3.36. The molecule has 2 heterocycles. The van der Waals surface area contributed by atoms with Crippen molar-refractivity contribution < 1.29 is 13.9 Å². The number of aromatic nitrogens is 2. The zero-order valence-corrected chi connectivity index (χ0v) is 20.2. The third kappa shape index (κ3) is 5.66. The standard InChI is InChI=1S/C22H15BrCl3N3O3/c23-14-3-7-19(17(25)9-14)31-12-16-6-8-20(32-16)22(30)27-21-18(26)11-29(28-21)10-13-1-4-15(24)5-2-13/h1-9,11H,10,12H2,(H,27,28,30). The van der Waals surface area contributed by atoms with Crippen molar-refractivity contribution in [2.75, 3.05) is 5.32 Å². The molecule has 0 bridgehead atoms. The minimum atomic E-state index is -0.475. The number of nitrogens with zero attached hydrogens (tertiary/aromatic N) is 2. The van der Waals surface area contributed by atoms with Crippen molar-refractivity contribution in [3.8, 4) is 5.75 Å². The van der Waals surface area contributed by atoms with Gasteiger partial charge in [0, 0.05) is 15.7 Å². The van der Waals surface area contributed by atoms with Crippen LogP contribution in [0.3, 0.4) is 0 Å². The Bertz CT molecular complexity index is 1260. The fourth-order valence-corrected chi connectivity index (χ4v) is 3.88. The molecule has 0 aliphatic rings. The summed E-state index contributed by atoms with van der Waals surface area (Å²) in [5, 5.41) is 8.42. The van der Waals surface area contributed by atoms with E-state index >= 15 is 0 Å². The van der Waals surface area contributed by atoms with Gasteiger partial charge in [-0.05, 0) is 48.0 Å². The van der Waals surface area contributed by atoms with Gasteiger partial charge < -0.3 is 14.5 Å². The lowest BCUT2D eigenvalue weighted by molar-refractivity contribution is 0.0992. The molecule has 0 unspecified atom stereocenters. The number of rotatable bonds is 7. The number of benzene rings is 2. The van der Waals surface area contributed by atoms with E-state index in [1.807, 2.05) is 18.2 Å². The summed E-state index contributed by atoms with van der Waals surface area (Å²) in [4.78, 5) is 12.6. The van der Waals surface area contributed by atoms with E-state index in [4.69, 9.17) is 44.0 Å². The quantitative estimate of drug-likeness (QED) is 0.265. The second-order valence-electron chi connectivity index (χ2n) is 6.73. The highest BCUT2D eigenvalue weighted by Crippen LogP contribution is 2.28. The Labute approximate surface area is 207 Å². The zero-order valence-electron chi connectivity index (χ0n) is 16.3. The fourth-order valence-electron chi connectivity index (χ4n) is 2.83. The smallest absolute Gasteiger partial charge is 0.292 e. The molecule has 1 amide bonds. The topological polar surface area (TPSA) is 69.3 Å². The van der Waals surface area contributed by atoms with Gasteiger partial charge in [-0.3, -0.25) is 9.48 Å². The summed E-state index contributed by atoms with van der Waals surface area (Å²) in [6.07, 6.45) is 1.63. The molecule has 0 radical (unpaired) electrons. The molecule has 2 aromatic carbocycles. The molecule has 0 aliphatic carbocycles. The molecular weight excluding hydrogens is 541 g/mol. The largest absolute Gasteiger partial charge is 0.484 e. The van der Waals surface area contributed by atoms with Crippen LogP contribution in [0.5, 0.6) is 5.75 Å². The molecule has 0 saturated carbocycles. The van der Waals surface area contributed by atoms with Gasteiger partial charge >= 0.3 is 0 Å². The lowest BCUT2D eigenvalue weighted by atomic mass is 10.2. The molecule has 32 heavy (non-hydrogen) atoms. The van der Waals surface area contributed by atoms with Crippen molar-refractivity contribution in [2.45, 2.75) is 13.2 Å². The Morgan fingerprint density at radius 3 is 2.59 bits per heavy atom. The Balaban J connectivity index is 1.37. The van der Waals surface area contributed by atoms with Crippen LogP contribution in [-0.4, -0.2) is 15.7 Å². The van der Waals surface area contributed by atoms with E-state index < -0.39 is 5.91 Å². The molecule has 0 fully saturated rings. The summed E-state index contributed by atoms with van der Waals surface area (Å²) in [5.41, 5.74) is 0.994. The van der Waals surface area contributed by atoms with Crippen LogP contribution in [0.25, 0.3) is 0 Å². The summed E-state index contributed by atoms with van der Waals surface area (Å²) in [7, 11) is 0. The number of halogens is 4. The van der Waals surface area contributed by atoms with Crippen molar-refractivity contribution in [3.63, 3.8) is 0 Å². The molecule has 10 heteroatoms. The molecule has 4 aromatic rings. The van der Waals surface area contributed by atoms with Crippen molar-refractivity contribution in [1.82, 2.24) is 9.78 Å². The van der Waals surface area contributed by atoms with Gasteiger partial charge in [0.1, 0.15) is 23.1 Å². The predicted octanol–water partition coefficient (Wildman–Crippen LogP) is 7.08. The van der Waals surface area contributed by atoms with Crippen LogP contribution in [0, 0.1) is 0 Å². The molecule has 0 atom stereocenters. The lowest BCUT2D eigenvalue weighted by Crippen LogP contribution is -2.12. The first-order chi connectivity index (χ1) is 15.4. The van der Waals surface area contributed by atoms with Gasteiger partial charge in [-0.15, -0.1) is 0 Å². The molecule has 2 aromatic heterocycles. The Morgan fingerprint density at radius 2 is 1.84 bits per heavy atom. The third-order valence-electron chi connectivity index (χ3n) is 4.36. The number of hydrogen-bond donors (Lipinski definition) is 1. The van der Waals surface area contributed by atoms with E-state index in [0.29, 0.717) is 33.1 Å². The normalized spacial score (nSPS) is 10.9. The lowest BCUT2D eigenvalue weighted by Gasteiger charge is -2.06. The summed E-state index contributed by atoms with van der Waals surface area (Å²) >= 11 is 21.6. The summed E-state index contributed by atoms with van der Waals surface area (Å²) < 4.78 is 13.7. The van der Waals surface area contributed by atoms with Gasteiger partial charge in [0.05, 0.1) is 11.6 Å². The minimum absolute atomic E-state index is 0.105. The van der Waals surface area contributed by atoms with Crippen LogP contribution in [0.2, 0.25) is 15.1 Å². The second-order valence-corrected chi connectivity index (χ2v) is 8.90. The van der Waals surface area contributed by atoms with Crippen LogP contribution < -0.4 is 10.1 Å². The SMILES string of the molecule is O=C(Nc1nn(Cc2ccc(Cl)cc2)cc1Cl)c1ccc(COc2ccc(Br)cc2Cl)o1. The van der Waals surface area contributed by atoms with E-state index in [1.54, 1.807) is 47.3 Å². The summed E-state index contributed by atoms with van der Waals surface area (Å²) in [6.45, 7) is 0.596. The van der Waals surface area contributed by atoms with Gasteiger partial charge in [0.25, 0.3) is 5.91 Å². The van der Waals surface area contributed by atoms with Crippen LogP contribution in [0.4, 0.5) is 5.82 Å². The zero-order chi connectivity index (χ0) is 22.7. The van der Waals surface area contributed by atoms with Crippen LogP contribution in [0.15, 0.2) is 69.7 Å². The number of amides is 1. The third-order valence-corrected chi connectivity index (χ3v) is 5.67. The van der Waals surface area contributed by atoms with E-state index in [1.165, 1.54) is 0 Å². The molecule has 6 nitrogen and oxygen atoms in total. The first-order valence-corrected chi connectivity index (χ1v) is 11.3. The molecule has 164 valence electrons. The maximum Gasteiger partial charge on any atom is 0.292 e. The van der Waals surface area contributed by atoms with E-state index in [0.717, 1.165) is 10.0 Å². The van der Waals surface area contributed by atoms with E-state index in [2.05, 4.69) is 26.3 Å². The van der Waals surface area contributed by atoms with Gasteiger partial charge in [0.2, 0.25) is 0 Å². The first kappa shape index (κ1) is 22.7. The maximum atomic E-state index is 12.6. The van der Waals surface area contributed by atoms with E-state index in [9.17, 15) is 4.79 Å². The first-order valence-electron chi connectivity index (χ1n) is 9.33. The Hall–Kier alpha value is -2.45. The highest BCUT2D eigenvalue weighted by Gasteiger charge is 2.16. The number of furan rings is 1. The maximum absolute atomic E-state index is 12.6. The summed E-state index contributed by atoms with van der Waals surface area (Å²) in [5.74, 6) is 0.843. The Morgan fingerprint density at radius 1 is 1.06 bits per heavy atom. The molecular formula is C22H15BrCl3N3O3. The van der Waals surface area contributed by atoms with Gasteiger partial charge in [0.15, 0.2) is 11.6 Å². The van der Waals surface area contributed by atoms with Crippen LogP contribution in [0.1, 0.15) is 21.9 Å². The monoisotopic (exact) mass is 553 g/mol. The van der Waals surface area contributed by atoms with Crippen molar-refractivity contribution in [2.24, 2.45) is 0 Å². The number of anilines is 1. The van der Waals surface area contributed by atoms with Gasteiger partial charge in [-0.1, -0.05) is 62.9 Å². The average molecular weight is 556 g/mol. The highest BCUT2D eigenvalue weighted by atomic mass is 79.9. The number of ether oxygens (including phenoxy) is 1. The fraction of sp³-hybridized carbons (Fsp3) is 0.0909. The molecule has 0 saturated heterocycles. The van der Waals surface area contributed by atoms with E-state index in [-0.39, 0.29) is 18.2 Å².